The van der Waals surface area contributed by atoms with Crippen molar-refractivity contribution in [1.82, 2.24) is 20.3 Å². The number of carbonyl (C=O) groups is 1. The topological polar surface area (TPSA) is 71.0 Å². The van der Waals surface area contributed by atoms with Gasteiger partial charge in [0.2, 0.25) is 0 Å². The molecule has 2 aromatic heterocycles. The Hall–Kier alpha value is -3.28. The number of nitrogens with one attached hydrogen (secondary N) is 1. The summed E-state index contributed by atoms with van der Waals surface area (Å²) in [5.74, 6) is 1.10. The highest BCUT2D eigenvalue weighted by Crippen LogP contribution is 2.19. The van der Waals surface area contributed by atoms with Crippen LogP contribution in [0.5, 0.6) is 0 Å². The van der Waals surface area contributed by atoms with E-state index in [2.05, 4.69) is 51.1 Å². The summed E-state index contributed by atoms with van der Waals surface area (Å²) in [6.45, 7) is 7.15. The number of hydrogen-bond acceptors (Lipinski definition) is 5. The van der Waals surface area contributed by atoms with E-state index in [0.29, 0.717) is 24.6 Å². The lowest BCUT2D eigenvalue weighted by atomic mass is 10.2. The van der Waals surface area contributed by atoms with Crippen LogP contribution in [0.25, 0.3) is 0 Å². The maximum atomic E-state index is 12.6. The van der Waals surface area contributed by atoms with E-state index in [1.54, 1.807) is 18.5 Å². The Morgan fingerprint density at radius 2 is 1.82 bits per heavy atom. The number of nitrogens with zero attached hydrogens (tertiary/aromatic N) is 4. The monoisotopic (exact) mass is 375 g/mol. The van der Waals surface area contributed by atoms with Gasteiger partial charge in [-0.15, -0.1) is 0 Å². The lowest BCUT2D eigenvalue weighted by Crippen LogP contribution is -2.32. The molecule has 144 valence electrons. The lowest BCUT2D eigenvalue weighted by molar-refractivity contribution is 0.0945. The van der Waals surface area contributed by atoms with Crippen molar-refractivity contribution in [3.63, 3.8) is 0 Å². The SMILES string of the molecule is Cc1nc(C(=O)NCc2cccnc2)cc(N(Cc2ccccc2)C(C)C)n1. The molecule has 0 saturated carbocycles. The zero-order valence-electron chi connectivity index (χ0n) is 16.5. The molecule has 0 saturated heterocycles. The van der Waals surface area contributed by atoms with E-state index in [4.69, 9.17) is 0 Å². The standard InChI is InChI=1S/C22H25N5O/c1-16(2)27(15-18-8-5-4-6-9-18)21-12-20(25-17(3)26-21)22(28)24-14-19-10-7-11-23-13-19/h4-13,16H,14-15H2,1-3H3,(H,24,28). The normalized spacial score (nSPS) is 10.7. The Labute approximate surface area is 165 Å². The van der Waals surface area contributed by atoms with Gasteiger partial charge >= 0.3 is 0 Å². The highest BCUT2D eigenvalue weighted by Gasteiger charge is 2.17. The van der Waals surface area contributed by atoms with Gasteiger partial charge in [0.1, 0.15) is 17.3 Å². The first-order valence-electron chi connectivity index (χ1n) is 9.36. The minimum absolute atomic E-state index is 0.223. The fraction of sp³-hybridized carbons (Fsp3) is 0.273. The minimum Gasteiger partial charge on any atom is -0.350 e. The molecule has 2 heterocycles. The van der Waals surface area contributed by atoms with Gasteiger partial charge in [-0.05, 0) is 38.0 Å². The second-order valence-electron chi connectivity index (χ2n) is 6.91. The minimum atomic E-state index is -0.223. The van der Waals surface area contributed by atoms with Crippen LogP contribution in [0, 0.1) is 6.92 Å². The van der Waals surface area contributed by atoms with E-state index >= 15 is 0 Å². The highest BCUT2D eigenvalue weighted by molar-refractivity contribution is 5.92. The second kappa shape index (κ2) is 9.08. The number of pyridine rings is 1. The van der Waals surface area contributed by atoms with E-state index in [-0.39, 0.29) is 11.9 Å². The summed E-state index contributed by atoms with van der Waals surface area (Å²) >= 11 is 0. The Bertz CT molecular complexity index is 913. The van der Waals surface area contributed by atoms with Gasteiger partial charge in [0.25, 0.3) is 5.91 Å². The summed E-state index contributed by atoms with van der Waals surface area (Å²) in [6, 6.07) is 16.0. The summed E-state index contributed by atoms with van der Waals surface area (Å²) in [5.41, 5.74) is 2.50. The molecule has 3 rings (SSSR count). The molecule has 0 fully saturated rings. The van der Waals surface area contributed by atoms with Gasteiger partial charge in [0, 0.05) is 37.6 Å². The quantitative estimate of drug-likeness (QED) is 0.684. The number of aryl methyl sites for hydroxylation is 1. The predicted molar refractivity (Wildman–Crippen MR) is 110 cm³/mol. The van der Waals surface area contributed by atoms with E-state index < -0.39 is 0 Å². The molecule has 1 amide bonds. The Morgan fingerprint density at radius 1 is 1.07 bits per heavy atom. The van der Waals surface area contributed by atoms with Gasteiger partial charge in [0.05, 0.1) is 0 Å². The number of aromatic nitrogens is 3. The first kappa shape index (κ1) is 19.5. The molecule has 6 heteroatoms. The summed E-state index contributed by atoms with van der Waals surface area (Å²) in [6.07, 6.45) is 3.44. The van der Waals surface area contributed by atoms with Crippen molar-refractivity contribution >= 4 is 11.7 Å². The maximum Gasteiger partial charge on any atom is 0.270 e. The Morgan fingerprint density at radius 3 is 2.50 bits per heavy atom. The van der Waals surface area contributed by atoms with Crippen LogP contribution in [0.1, 0.15) is 41.3 Å². The molecule has 0 unspecified atom stereocenters. The summed E-state index contributed by atoms with van der Waals surface area (Å²) in [4.78, 5) is 27.8. The molecule has 28 heavy (non-hydrogen) atoms. The maximum absolute atomic E-state index is 12.6. The van der Waals surface area contributed by atoms with Gasteiger partial charge in [-0.1, -0.05) is 36.4 Å². The van der Waals surface area contributed by atoms with Crippen LogP contribution in [-0.2, 0) is 13.1 Å². The van der Waals surface area contributed by atoms with Crippen molar-refractivity contribution in [3.8, 4) is 0 Å². The largest absolute Gasteiger partial charge is 0.350 e. The van der Waals surface area contributed by atoms with Gasteiger partial charge < -0.3 is 10.2 Å². The zero-order valence-corrected chi connectivity index (χ0v) is 16.5. The van der Waals surface area contributed by atoms with Crippen molar-refractivity contribution in [1.29, 1.82) is 0 Å². The zero-order chi connectivity index (χ0) is 19.9. The van der Waals surface area contributed by atoms with Crippen molar-refractivity contribution in [3.05, 3.63) is 83.6 Å². The van der Waals surface area contributed by atoms with Crippen LogP contribution >= 0.6 is 0 Å². The average molecular weight is 375 g/mol. The van der Waals surface area contributed by atoms with Crippen LogP contribution in [0.15, 0.2) is 60.9 Å². The number of benzene rings is 1. The first-order chi connectivity index (χ1) is 13.5. The molecule has 0 atom stereocenters. The smallest absolute Gasteiger partial charge is 0.270 e. The van der Waals surface area contributed by atoms with Gasteiger partial charge in [0.15, 0.2) is 0 Å². The van der Waals surface area contributed by atoms with Crippen molar-refractivity contribution < 1.29 is 4.79 Å². The number of carbonyl (C=O) groups excluding carboxylic acids is 1. The van der Waals surface area contributed by atoms with Crippen LogP contribution in [0.2, 0.25) is 0 Å². The Balaban J connectivity index is 1.79. The van der Waals surface area contributed by atoms with Crippen molar-refractivity contribution in [2.75, 3.05) is 4.90 Å². The van der Waals surface area contributed by atoms with E-state index in [1.807, 2.05) is 37.3 Å². The fourth-order valence-corrected chi connectivity index (χ4v) is 2.90. The molecule has 0 spiro atoms. The molecule has 1 N–H and O–H groups in total. The third-order valence-electron chi connectivity index (χ3n) is 4.35. The Kier molecular flexibility index (Phi) is 6.32. The molecule has 6 nitrogen and oxygen atoms in total. The summed E-state index contributed by atoms with van der Waals surface area (Å²) < 4.78 is 0. The van der Waals surface area contributed by atoms with E-state index in [9.17, 15) is 4.79 Å². The van der Waals surface area contributed by atoms with E-state index in [1.165, 1.54) is 5.56 Å². The fourth-order valence-electron chi connectivity index (χ4n) is 2.90. The molecule has 0 aliphatic heterocycles. The summed E-state index contributed by atoms with van der Waals surface area (Å²) in [5, 5.41) is 2.90. The molecule has 0 bridgehead atoms. The van der Waals surface area contributed by atoms with Crippen LogP contribution in [0.3, 0.4) is 0 Å². The molecular weight excluding hydrogens is 350 g/mol. The van der Waals surface area contributed by atoms with Crippen molar-refractivity contribution in [2.45, 2.75) is 39.9 Å². The van der Waals surface area contributed by atoms with Gasteiger partial charge in [-0.25, -0.2) is 9.97 Å². The molecule has 0 radical (unpaired) electrons. The molecular formula is C22H25N5O. The predicted octanol–water partition coefficient (Wildman–Crippen LogP) is 3.53. The van der Waals surface area contributed by atoms with Gasteiger partial charge in [-0.2, -0.15) is 0 Å². The van der Waals surface area contributed by atoms with Crippen LogP contribution < -0.4 is 10.2 Å². The van der Waals surface area contributed by atoms with Crippen molar-refractivity contribution in [2.24, 2.45) is 0 Å². The number of amides is 1. The molecule has 3 aromatic rings. The van der Waals surface area contributed by atoms with Crippen LogP contribution in [-0.4, -0.2) is 26.9 Å². The number of anilines is 1. The highest BCUT2D eigenvalue weighted by atomic mass is 16.1. The van der Waals surface area contributed by atoms with Gasteiger partial charge in [-0.3, -0.25) is 9.78 Å². The summed E-state index contributed by atoms with van der Waals surface area (Å²) in [7, 11) is 0. The first-order valence-corrected chi connectivity index (χ1v) is 9.36. The number of hydrogen-bond donors (Lipinski definition) is 1. The lowest BCUT2D eigenvalue weighted by Gasteiger charge is -2.28. The molecule has 0 aliphatic carbocycles. The molecule has 1 aromatic carbocycles. The second-order valence-corrected chi connectivity index (χ2v) is 6.91. The third kappa shape index (κ3) is 5.13. The van der Waals surface area contributed by atoms with Crippen LogP contribution in [0.4, 0.5) is 5.82 Å². The third-order valence-corrected chi connectivity index (χ3v) is 4.35. The number of rotatable bonds is 7. The molecule has 0 aliphatic rings. The average Bonchev–Trinajstić information content (AvgIpc) is 2.71. The van der Waals surface area contributed by atoms with E-state index in [0.717, 1.165) is 11.4 Å².